The molecule has 5 atom stereocenters. The molecule has 0 aliphatic carbocycles. The molecule has 0 amide bonds. The predicted molar refractivity (Wildman–Crippen MR) is 77.6 cm³/mol. The smallest absolute Gasteiger partial charge is 0.349 e. The summed E-state index contributed by atoms with van der Waals surface area (Å²) < 4.78 is 31.2. The van der Waals surface area contributed by atoms with Crippen LogP contribution in [0.3, 0.4) is 0 Å². The van der Waals surface area contributed by atoms with E-state index in [1.165, 1.54) is 13.8 Å². The van der Waals surface area contributed by atoms with Gasteiger partial charge in [-0.25, -0.2) is 4.79 Å². The Hall–Kier alpha value is -1.75. The average molecular weight is 362 g/mol. The number of rotatable bonds is 5. The van der Waals surface area contributed by atoms with Crippen molar-refractivity contribution in [1.29, 1.82) is 0 Å². The molecule has 2 rings (SSSR count). The van der Waals surface area contributed by atoms with E-state index in [4.69, 9.17) is 28.4 Å². The SMILES string of the molecule is CC(=O)OC[C@H]1OC2OC(C)(C)O[C@@H]2[C@]1(O)OC(=O)C(C)OC(C)=O. The maximum Gasteiger partial charge on any atom is 0.349 e. The van der Waals surface area contributed by atoms with Crippen molar-refractivity contribution in [2.75, 3.05) is 6.61 Å². The van der Waals surface area contributed by atoms with Crippen LogP contribution in [0.2, 0.25) is 0 Å². The lowest BCUT2D eigenvalue weighted by Crippen LogP contribution is -2.55. The molecule has 0 spiro atoms. The lowest BCUT2D eigenvalue weighted by Gasteiger charge is -2.33. The summed E-state index contributed by atoms with van der Waals surface area (Å²) in [6.45, 7) is 6.41. The van der Waals surface area contributed by atoms with Crippen LogP contribution in [0.1, 0.15) is 34.6 Å². The van der Waals surface area contributed by atoms with Crippen molar-refractivity contribution in [3.63, 3.8) is 0 Å². The van der Waals surface area contributed by atoms with E-state index in [0.717, 1.165) is 6.92 Å². The molecule has 1 N–H and O–H groups in total. The summed E-state index contributed by atoms with van der Waals surface area (Å²) in [5.41, 5.74) is 0. The molecule has 25 heavy (non-hydrogen) atoms. The molecular formula is C15H22O10. The van der Waals surface area contributed by atoms with Crippen molar-refractivity contribution in [3.8, 4) is 0 Å². The van der Waals surface area contributed by atoms with Crippen LogP contribution in [0.15, 0.2) is 0 Å². The van der Waals surface area contributed by atoms with Gasteiger partial charge in [0.25, 0.3) is 5.79 Å². The molecule has 2 aliphatic heterocycles. The Morgan fingerprint density at radius 3 is 2.36 bits per heavy atom. The number of esters is 3. The van der Waals surface area contributed by atoms with Crippen LogP contribution in [0.4, 0.5) is 0 Å². The number of hydrogen-bond acceptors (Lipinski definition) is 10. The molecule has 0 bridgehead atoms. The highest BCUT2D eigenvalue weighted by atomic mass is 16.9. The zero-order valence-corrected chi connectivity index (χ0v) is 14.6. The second kappa shape index (κ2) is 6.87. The minimum absolute atomic E-state index is 0.388. The van der Waals surface area contributed by atoms with Crippen molar-refractivity contribution in [2.24, 2.45) is 0 Å². The highest BCUT2D eigenvalue weighted by Crippen LogP contribution is 2.44. The number of aliphatic hydroxyl groups is 1. The zero-order valence-electron chi connectivity index (χ0n) is 14.6. The van der Waals surface area contributed by atoms with Gasteiger partial charge in [-0.2, -0.15) is 0 Å². The van der Waals surface area contributed by atoms with Gasteiger partial charge in [0.2, 0.25) is 0 Å². The van der Waals surface area contributed by atoms with Crippen LogP contribution in [-0.4, -0.2) is 65.8 Å². The minimum atomic E-state index is -2.29. The first-order valence-corrected chi connectivity index (χ1v) is 7.71. The van der Waals surface area contributed by atoms with Gasteiger partial charge in [0.15, 0.2) is 30.4 Å². The van der Waals surface area contributed by atoms with Gasteiger partial charge in [-0.1, -0.05) is 0 Å². The lowest BCUT2D eigenvalue weighted by atomic mass is 10.1. The molecule has 0 aromatic carbocycles. The van der Waals surface area contributed by atoms with E-state index in [-0.39, 0.29) is 6.61 Å². The second-order valence-corrected chi connectivity index (χ2v) is 6.28. The van der Waals surface area contributed by atoms with Crippen LogP contribution in [-0.2, 0) is 42.8 Å². The van der Waals surface area contributed by atoms with E-state index in [2.05, 4.69) is 0 Å². The van der Waals surface area contributed by atoms with Crippen molar-refractivity contribution in [2.45, 2.75) is 70.8 Å². The Kier molecular flexibility index (Phi) is 5.38. The van der Waals surface area contributed by atoms with Gasteiger partial charge >= 0.3 is 17.9 Å². The van der Waals surface area contributed by atoms with Crippen LogP contribution >= 0.6 is 0 Å². The molecule has 142 valence electrons. The monoisotopic (exact) mass is 362 g/mol. The van der Waals surface area contributed by atoms with E-state index >= 15 is 0 Å². The molecule has 2 fully saturated rings. The molecule has 0 aromatic heterocycles. The molecular weight excluding hydrogens is 340 g/mol. The normalized spacial score (nSPS) is 34.1. The fraction of sp³-hybridized carbons (Fsp3) is 0.800. The number of hydrogen-bond donors (Lipinski definition) is 1. The van der Waals surface area contributed by atoms with Crippen molar-refractivity contribution in [1.82, 2.24) is 0 Å². The first-order valence-electron chi connectivity index (χ1n) is 7.71. The minimum Gasteiger partial charge on any atom is -0.463 e. The molecule has 2 heterocycles. The molecule has 2 unspecified atom stereocenters. The van der Waals surface area contributed by atoms with Crippen LogP contribution in [0.25, 0.3) is 0 Å². The van der Waals surface area contributed by atoms with Gasteiger partial charge in [0.05, 0.1) is 0 Å². The third-order valence-corrected chi connectivity index (χ3v) is 3.60. The van der Waals surface area contributed by atoms with Crippen LogP contribution < -0.4 is 0 Å². The van der Waals surface area contributed by atoms with Gasteiger partial charge < -0.3 is 33.5 Å². The third kappa shape index (κ3) is 4.27. The van der Waals surface area contributed by atoms with Crippen molar-refractivity contribution in [3.05, 3.63) is 0 Å². The molecule has 2 aliphatic rings. The van der Waals surface area contributed by atoms with E-state index in [0.29, 0.717) is 0 Å². The molecule has 0 aromatic rings. The fourth-order valence-corrected chi connectivity index (χ4v) is 2.57. The van der Waals surface area contributed by atoms with Gasteiger partial charge in [0.1, 0.15) is 6.61 Å². The van der Waals surface area contributed by atoms with E-state index in [1.54, 1.807) is 13.8 Å². The van der Waals surface area contributed by atoms with Gasteiger partial charge in [-0.15, -0.1) is 0 Å². The zero-order chi connectivity index (χ0) is 19.0. The van der Waals surface area contributed by atoms with E-state index in [1.807, 2.05) is 0 Å². The largest absolute Gasteiger partial charge is 0.463 e. The number of ether oxygens (including phenoxy) is 6. The molecule has 2 saturated heterocycles. The van der Waals surface area contributed by atoms with Crippen LogP contribution in [0, 0.1) is 0 Å². The quantitative estimate of drug-likeness (QED) is 0.392. The Morgan fingerprint density at radius 1 is 1.16 bits per heavy atom. The number of fused-ring (bicyclic) bond motifs is 1. The van der Waals surface area contributed by atoms with Gasteiger partial charge in [-0.3, -0.25) is 9.59 Å². The summed E-state index contributed by atoms with van der Waals surface area (Å²) in [4.78, 5) is 34.1. The third-order valence-electron chi connectivity index (χ3n) is 3.60. The average Bonchev–Trinajstić information content (AvgIpc) is 2.88. The Labute approximate surface area is 144 Å². The van der Waals surface area contributed by atoms with Crippen molar-refractivity contribution >= 4 is 17.9 Å². The maximum absolute atomic E-state index is 12.2. The molecule has 10 nitrogen and oxygen atoms in total. The maximum atomic E-state index is 12.2. The summed E-state index contributed by atoms with van der Waals surface area (Å²) in [5.74, 6) is -5.67. The Bertz CT molecular complexity index is 559. The molecule has 0 saturated carbocycles. The second-order valence-electron chi connectivity index (χ2n) is 6.28. The summed E-state index contributed by atoms with van der Waals surface area (Å²) in [7, 11) is 0. The highest BCUT2D eigenvalue weighted by Gasteiger charge is 2.66. The van der Waals surface area contributed by atoms with E-state index in [9.17, 15) is 19.5 Å². The lowest BCUT2D eigenvalue weighted by molar-refractivity contribution is -0.295. The fourth-order valence-electron chi connectivity index (χ4n) is 2.57. The number of carbonyl (C=O) groups excluding carboxylic acids is 3. The Balaban J connectivity index is 2.18. The summed E-state index contributed by atoms with van der Waals surface area (Å²) in [5, 5.41) is 10.9. The first-order chi connectivity index (χ1) is 11.4. The number of carbonyl (C=O) groups is 3. The summed E-state index contributed by atoms with van der Waals surface area (Å²) in [6, 6.07) is 0. The van der Waals surface area contributed by atoms with E-state index < -0.39 is 54.1 Å². The van der Waals surface area contributed by atoms with Crippen LogP contribution in [0.5, 0.6) is 0 Å². The predicted octanol–water partition coefficient (Wildman–Crippen LogP) is -0.391. The highest BCUT2D eigenvalue weighted by molar-refractivity contribution is 5.78. The molecule has 10 heteroatoms. The van der Waals surface area contributed by atoms with Gasteiger partial charge in [0, 0.05) is 13.8 Å². The van der Waals surface area contributed by atoms with Gasteiger partial charge in [-0.05, 0) is 20.8 Å². The van der Waals surface area contributed by atoms with Crippen molar-refractivity contribution < 1.29 is 47.9 Å². The standard InChI is InChI=1S/C15H22O10/c1-7(21-9(3)17)12(18)24-15(19)10(6-20-8(2)16)22-13-11(15)23-14(4,5)25-13/h7,10-11,13,19H,6H2,1-5H3/t7?,10-,11+,13?,15-/m1/s1. The first kappa shape index (κ1) is 19.6. The topological polar surface area (TPSA) is 127 Å². The molecule has 0 radical (unpaired) electrons. The Morgan fingerprint density at radius 2 is 1.80 bits per heavy atom. The summed E-state index contributed by atoms with van der Waals surface area (Å²) in [6.07, 6.45) is -4.70. The summed E-state index contributed by atoms with van der Waals surface area (Å²) >= 11 is 0.